The molecule has 0 aliphatic rings. The molecule has 2 aromatic rings. The molecule has 0 saturated carbocycles. The van der Waals surface area contributed by atoms with Crippen LogP contribution in [0.1, 0.15) is 15.9 Å². The van der Waals surface area contributed by atoms with Gasteiger partial charge in [-0.25, -0.2) is 4.39 Å². The van der Waals surface area contributed by atoms with E-state index in [2.05, 4.69) is 15.9 Å². The number of ether oxygens (including phenoxy) is 1. The number of hydrogen-bond acceptors (Lipinski definition) is 2. The second-order valence-corrected chi connectivity index (χ2v) is 5.61. The van der Waals surface area contributed by atoms with Crippen LogP contribution in [0.5, 0.6) is 5.75 Å². The summed E-state index contributed by atoms with van der Waals surface area (Å²) in [5, 5.41) is 0. The summed E-state index contributed by atoms with van der Waals surface area (Å²) in [6.07, 6.45) is 0. The molecule has 21 heavy (non-hydrogen) atoms. The van der Waals surface area contributed by atoms with Crippen molar-refractivity contribution >= 4 is 21.8 Å². The Hall–Kier alpha value is -1.88. The third-order valence-electron chi connectivity index (χ3n) is 2.90. The summed E-state index contributed by atoms with van der Waals surface area (Å²) in [5.41, 5.74) is 1.56. The summed E-state index contributed by atoms with van der Waals surface area (Å²) in [4.78, 5) is 13.3. The van der Waals surface area contributed by atoms with Crippen molar-refractivity contribution < 1.29 is 13.9 Å². The van der Waals surface area contributed by atoms with Crippen LogP contribution in [0.4, 0.5) is 4.39 Å². The highest BCUT2D eigenvalue weighted by molar-refractivity contribution is 9.10. The lowest BCUT2D eigenvalue weighted by molar-refractivity contribution is 0.0827. The molecule has 2 aromatic carbocycles. The van der Waals surface area contributed by atoms with Crippen molar-refractivity contribution in [1.82, 2.24) is 4.90 Å². The van der Waals surface area contributed by atoms with Crippen molar-refractivity contribution in [3.8, 4) is 5.75 Å². The Morgan fingerprint density at radius 3 is 2.43 bits per heavy atom. The Labute approximate surface area is 131 Å². The Morgan fingerprint density at radius 2 is 1.86 bits per heavy atom. The normalized spacial score (nSPS) is 10.3. The van der Waals surface area contributed by atoms with Crippen LogP contribution in [0, 0.1) is 5.82 Å². The van der Waals surface area contributed by atoms with E-state index in [-0.39, 0.29) is 11.7 Å². The second-order valence-electron chi connectivity index (χ2n) is 4.76. The number of carbonyl (C=O) groups is 1. The van der Waals surface area contributed by atoms with Crippen LogP contribution in [-0.2, 0) is 6.61 Å². The first-order chi connectivity index (χ1) is 9.97. The average molecular weight is 352 g/mol. The maximum absolute atomic E-state index is 13.0. The predicted molar refractivity (Wildman–Crippen MR) is 82.9 cm³/mol. The molecule has 1 amide bonds. The van der Waals surface area contributed by atoms with Gasteiger partial charge in [-0.05, 0) is 51.8 Å². The van der Waals surface area contributed by atoms with Gasteiger partial charge < -0.3 is 9.64 Å². The van der Waals surface area contributed by atoms with Crippen molar-refractivity contribution in [1.29, 1.82) is 0 Å². The van der Waals surface area contributed by atoms with E-state index in [0.717, 1.165) is 5.56 Å². The van der Waals surface area contributed by atoms with Crippen molar-refractivity contribution in [3.63, 3.8) is 0 Å². The molecule has 5 heteroatoms. The van der Waals surface area contributed by atoms with Crippen LogP contribution in [0.25, 0.3) is 0 Å². The van der Waals surface area contributed by atoms with Crippen molar-refractivity contribution in [2.45, 2.75) is 6.61 Å². The van der Waals surface area contributed by atoms with Crippen LogP contribution in [0.3, 0.4) is 0 Å². The smallest absolute Gasteiger partial charge is 0.253 e. The molecule has 0 fully saturated rings. The molecular weight excluding hydrogens is 337 g/mol. The minimum atomic E-state index is -0.319. The Morgan fingerprint density at radius 1 is 1.19 bits per heavy atom. The van der Waals surface area contributed by atoms with E-state index in [9.17, 15) is 9.18 Å². The fraction of sp³-hybridized carbons (Fsp3) is 0.188. The first-order valence-electron chi connectivity index (χ1n) is 6.36. The van der Waals surface area contributed by atoms with Gasteiger partial charge >= 0.3 is 0 Å². The van der Waals surface area contributed by atoms with Crippen LogP contribution in [-0.4, -0.2) is 24.9 Å². The number of amides is 1. The Bertz CT molecular complexity index is 641. The second kappa shape index (κ2) is 6.72. The number of halogens is 2. The molecule has 0 unspecified atom stereocenters. The molecule has 0 atom stereocenters. The standard InChI is InChI=1S/C16H15BrFNO2/c1-19(2)16(20)12-5-3-11(4-6-12)10-21-15-8-7-13(18)9-14(15)17/h3-9H,10H2,1-2H3. The van der Waals surface area contributed by atoms with Crippen molar-refractivity contribution in [2.75, 3.05) is 14.1 Å². The van der Waals surface area contributed by atoms with E-state index in [4.69, 9.17) is 4.74 Å². The lowest BCUT2D eigenvalue weighted by Crippen LogP contribution is -2.21. The average Bonchev–Trinajstić information content (AvgIpc) is 2.46. The van der Waals surface area contributed by atoms with Gasteiger partial charge in [-0.3, -0.25) is 4.79 Å². The topological polar surface area (TPSA) is 29.5 Å². The van der Waals surface area contributed by atoms with Gasteiger partial charge in [-0.2, -0.15) is 0 Å². The van der Waals surface area contributed by atoms with E-state index in [1.165, 1.54) is 17.0 Å². The maximum Gasteiger partial charge on any atom is 0.253 e. The van der Waals surface area contributed by atoms with Crippen LogP contribution >= 0.6 is 15.9 Å². The van der Waals surface area contributed by atoms with Crippen molar-refractivity contribution in [3.05, 3.63) is 63.9 Å². The van der Waals surface area contributed by atoms with Gasteiger partial charge in [0.1, 0.15) is 18.2 Å². The third kappa shape index (κ3) is 4.04. The molecule has 0 spiro atoms. The summed E-state index contributed by atoms with van der Waals surface area (Å²) < 4.78 is 19.2. The van der Waals surface area contributed by atoms with Gasteiger partial charge in [0.05, 0.1) is 4.47 Å². The minimum Gasteiger partial charge on any atom is -0.488 e. The molecular formula is C16H15BrFNO2. The van der Waals surface area contributed by atoms with Gasteiger partial charge in [0.2, 0.25) is 0 Å². The molecule has 0 aliphatic carbocycles. The largest absolute Gasteiger partial charge is 0.488 e. The zero-order valence-electron chi connectivity index (χ0n) is 11.8. The number of nitrogens with zero attached hydrogens (tertiary/aromatic N) is 1. The molecule has 0 aliphatic heterocycles. The van der Waals surface area contributed by atoms with E-state index in [0.29, 0.717) is 22.4 Å². The van der Waals surface area contributed by atoms with E-state index in [1.807, 2.05) is 12.1 Å². The fourth-order valence-electron chi connectivity index (χ4n) is 1.76. The molecule has 0 radical (unpaired) electrons. The number of benzene rings is 2. The molecule has 3 nitrogen and oxygen atoms in total. The molecule has 0 N–H and O–H groups in total. The lowest BCUT2D eigenvalue weighted by Gasteiger charge is -2.11. The highest BCUT2D eigenvalue weighted by Crippen LogP contribution is 2.26. The summed E-state index contributed by atoms with van der Waals surface area (Å²) >= 11 is 3.25. The van der Waals surface area contributed by atoms with Crippen molar-refractivity contribution in [2.24, 2.45) is 0 Å². The zero-order valence-corrected chi connectivity index (χ0v) is 13.4. The predicted octanol–water partition coefficient (Wildman–Crippen LogP) is 3.87. The van der Waals surface area contributed by atoms with Gasteiger partial charge in [0.25, 0.3) is 5.91 Å². The zero-order chi connectivity index (χ0) is 15.4. The first-order valence-corrected chi connectivity index (χ1v) is 7.15. The number of carbonyl (C=O) groups excluding carboxylic acids is 1. The van der Waals surface area contributed by atoms with Crippen LogP contribution in [0.15, 0.2) is 46.9 Å². The van der Waals surface area contributed by atoms with Gasteiger partial charge in [-0.1, -0.05) is 12.1 Å². The van der Waals surface area contributed by atoms with E-state index >= 15 is 0 Å². The molecule has 0 heterocycles. The monoisotopic (exact) mass is 351 g/mol. The van der Waals surface area contributed by atoms with Gasteiger partial charge in [0, 0.05) is 19.7 Å². The van der Waals surface area contributed by atoms with Crippen LogP contribution in [0.2, 0.25) is 0 Å². The molecule has 0 aromatic heterocycles. The molecule has 0 bridgehead atoms. The highest BCUT2D eigenvalue weighted by atomic mass is 79.9. The van der Waals surface area contributed by atoms with Gasteiger partial charge in [0.15, 0.2) is 0 Å². The Balaban J connectivity index is 2.02. The van der Waals surface area contributed by atoms with Gasteiger partial charge in [-0.15, -0.1) is 0 Å². The fourth-order valence-corrected chi connectivity index (χ4v) is 2.22. The third-order valence-corrected chi connectivity index (χ3v) is 3.52. The number of rotatable bonds is 4. The summed E-state index contributed by atoms with van der Waals surface area (Å²) in [5.74, 6) is 0.217. The highest BCUT2D eigenvalue weighted by Gasteiger charge is 2.08. The van der Waals surface area contributed by atoms with Crippen LogP contribution < -0.4 is 4.74 Å². The minimum absolute atomic E-state index is 0.0382. The quantitative estimate of drug-likeness (QED) is 0.836. The lowest BCUT2D eigenvalue weighted by atomic mass is 10.1. The summed E-state index contributed by atoms with van der Waals surface area (Å²) in [6.45, 7) is 0.348. The molecule has 2 rings (SSSR count). The summed E-state index contributed by atoms with van der Waals surface area (Å²) in [7, 11) is 3.43. The maximum atomic E-state index is 13.0. The molecule has 0 saturated heterocycles. The summed E-state index contributed by atoms with van der Waals surface area (Å²) in [6, 6.07) is 11.5. The SMILES string of the molecule is CN(C)C(=O)c1ccc(COc2ccc(F)cc2Br)cc1. The Kier molecular flexibility index (Phi) is 4.96. The molecule has 110 valence electrons. The van der Waals surface area contributed by atoms with E-state index in [1.54, 1.807) is 32.3 Å². The first kappa shape index (κ1) is 15.5. The van der Waals surface area contributed by atoms with E-state index < -0.39 is 0 Å². The number of hydrogen-bond donors (Lipinski definition) is 0.